The maximum absolute atomic E-state index is 12.1. The zero-order valence-corrected chi connectivity index (χ0v) is 11.7. The van der Waals surface area contributed by atoms with Crippen LogP contribution in [0.2, 0.25) is 0 Å². The Bertz CT molecular complexity index is 544. The van der Waals surface area contributed by atoms with Crippen LogP contribution in [-0.4, -0.2) is 32.9 Å². The van der Waals surface area contributed by atoms with Crippen LogP contribution in [0.3, 0.4) is 0 Å². The Morgan fingerprint density at radius 2 is 2.16 bits per heavy atom. The van der Waals surface area contributed by atoms with Gasteiger partial charge in [0.15, 0.2) is 0 Å². The third kappa shape index (κ3) is 2.25. The highest BCUT2D eigenvalue weighted by Gasteiger charge is 2.50. The van der Waals surface area contributed by atoms with Crippen molar-refractivity contribution >= 4 is 27.8 Å². The van der Waals surface area contributed by atoms with Crippen molar-refractivity contribution in [3.63, 3.8) is 0 Å². The van der Waals surface area contributed by atoms with Crippen LogP contribution in [0.1, 0.15) is 30.9 Å². The van der Waals surface area contributed by atoms with Gasteiger partial charge in [-0.15, -0.1) is 0 Å². The van der Waals surface area contributed by atoms with E-state index in [0.717, 1.165) is 22.9 Å². The third-order valence-electron chi connectivity index (χ3n) is 3.69. The second-order valence-electron chi connectivity index (χ2n) is 5.06. The van der Waals surface area contributed by atoms with E-state index >= 15 is 0 Å². The van der Waals surface area contributed by atoms with E-state index in [4.69, 9.17) is 0 Å². The van der Waals surface area contributed by atoms with E-state index in [9.17, 15) is 14.7 Å². The minimum Gasteiger partial charge on any atom is -0.481 e. The number of amides is 1. The number of likely N-dealkylation sites (tertiary alicyclic amines) is 1. The fraction of sp³-hybridized carbons (Fsp3) is 0.462. The van der Waals surface area contributed by atoms with Crippen molar-refractivity contribution in [1.82, 2.24) is 9.88 Å². The van der Waals surface area contributed by atoms with Crippen LogP contribution in [0, 0.1) is 5.92 Å². The number of carboxylic acids is 1. The summed E-state index contributed by atoms with van der Waals surface area (Å²) in [5.41, 5.74) is 0.791. The molecule has 1 aliphatic carbocycles. The van der Waals surface area contributed by atoms with Gasteiger partial charge in [-0.3, -0.25) is 14.6 Å². The molecule has 2 aliphatic rings. The number of halogens is 1. The topological polar surface area (TPSA) is 70.5 Å². The van der Waals surface area contributed by atoms with Crippen molar-refractivity contribution in [2.45, 2.75) is 31.3 Å². The fourth-order valence-corrected chi connectivity index (χ4v) is 3.13. The number of carbonyl (C=O) groups is 2. The molecule has 1 aromatic heterocycles. The maximum atomic E-state index is 12.1. The summed E-state index contributed by atoms with van der Waals surface area (Å²) in [7, 11) is 0. The van der Waals surface area contributed by atoms with Crippen molar-refractivity contribution < 1.29 is 14.7 Å². The molecule has 1 N–H and O–H groups in total. The minimum absolute atomic E-state index is 0.0557. The van der Waals surface area contributed by atoms with Crippen LogP contribution in [0.15, 0.2) is 22.9 Å². The van der Waals surface area contributed by atoms with E-state index < -0.39 is 11.9 Å². The Morgan fingerprint density at radius 1 is 1.42 bits per heavy atom. The summed E-state index contributed by atoms with van der Waals surface area (Å²) in [5, 5.41) is 9.34. The number of pyridine rings is 1. The first-order valence-corrected chi connectivity index (χ1v) is 7.01. The first-order chi connectivity index (χ1) is 9.08. The van der Waals surface area contributed by atoms with Gasteiger partial charge in [0.25, 0.3) is 0 Å². The van der Waals surface area contributed by atoms with Crippen LogP contribution in [0.5, 0.6) is 0 Å². The summed E-state index contributed by atoms with van der Waals surface area (Å²) < 4.78 is 0.796. The summed E-state index contributed by atoms with van der Waals surface area (Å²) in [6.07, 6.45) is 5.33. The van der Waals surface area contributed by atoms with Crippen molar-refractivity contribution in [2.75, 3.05) is 0 Å². The number of rotatable bonds is 3. The van der Waals surface area contributed by atoms with Crippen molar-refractivity contribution in [3.05, 3.63) is 28.5 Å². The van der Waals surface area contributed by atoms with E-state index in [0.29, 0.717) is 0 Å². The lowest BCUT2D eigenvalue weighted by atomic mass is 9.95. The highest BCUT2D eigenvalue weighted by molar-refractivity contribution is 9.10. The predicted octanol–water partition coefficient (Wildman–Crippen LogP) is 1.98. The number of carboxylic acid groups (broad SMARTS) is 1. The van der Waals surface area contributed by atoms with E-state index in [1.54, 1.807) is 17.3 Å². The molecule has 19 heavy (non-hydrogen) atoms. The largest absolute Gasteiger partial charge is 0.481 e. The minimum atomic E-state index is -0.915. The molecule has 0 spiro atoms. The fourth-order valence-electron chi connectivity index (χ4n) is 2.74. The molecule has 1 saturated heterocycles. The van der Waals surface area contributed by atoms with Gasteiger partial charge in [0.2, 0.25) is 5.91 Å². The number of aliphatic carboxylic acids is 1. The van der Waals surface area contributed by atoms with E-state index in [1.165, 1.54) is 0 Å². The molecule has 6 heteroatoms. The molecule has 2 heterocycles. The number of aromatic nitrogens is 1. The van der Waals surface area contributed by atoms with Gasteiger partial charge >= 0.3 is 5.97 Å². The second kappa shape index (κ2) is 4.59. The molecule has 0 bridgehead atoms. The predicted molar refractivity (Wildman–Crippen MR) is 70.3 cm³/mol. The molecule has 1 aromatic rings. The van der Waals surface area contributed by atoms with E-state index in [2.05, 4.69) is 20.9 Å². The van der Waals surface area contributed by atoms with Crippen LogP contribution in [0.25, 0.3) is 0 Å². The molecule has 0 radical (unpaired) electrons. The monoisotopic (exact) mass is 324 g/mol. The molecule has 3 rings (SSSR count). The van der Waals surface area contributed by atoms with Gasteiger partial charge in [-0.25, -0.2) is 0 Å². The SMILES string of the molecule is O=C(O)C1CC(=O)N(C2CC2)C1c1cncc(Br)c1. The van der Waals surface area contributed by atoms with Gasteiger partial charge in [-0.05, 0) is 40.4 Å². The summed E-state index contributed by atoms with van der Waals surface area (Å²) in [6, 6.07) is 1.67. The Kier molecular flexibility index (Phi) is 3.05. The Balaban J connectivity index is 2.01. The Morgan fingerprint density at radius 3 is 2.74 bits per heavy atom. The molecule has 100 valence electrons. The van der Waals surface area contributed by atoms with Gasteiger partial charge < -0.3 is 10.0 Å². The highest BCUT2D eigenvalue weighted by atomic mass is 79.9. The summed E-state index contributed by atoms with van der Waals surface area (Å²) in [6.45, 7) is 0. The number of nitrogens with zero attached hydrogens (tertiary/aromatic N) is 2. The number of hydrogen-bond acceptors (Lipinski definition) is 3. The molecule has 0 aromatic carbocycles. The molecule has 2 unspecified atom stereocenters. The molecule has 5 nitrogen and oxygen atoms in total. The van der Waals surface area contributed by atoms with Crippen LogP contribution in [0.4, 0.5) is 0 Å². The lowest BCUT2D eigenvalue weighted by Crippen LogP contribution is -2.32. The lowest BCUT2D eigenvalue weighted by molar-refractivity contribution is -0.142. The molecule has 2 atom stereocenters. The van der Waals surface area contributed by atoms with Crippen molar-refractivity contribution in [1.29, 1.82) is 0 Å². The van der Waals surface area contributed by atoms with Crippen LogP contribution in [-0.2, 0) is 9.59 Å². The zero-order chi connectivity index (χ0) is 13.6. The van der Waals surface area contributed by atoms with Crippen LogP contribution >= 0.6 is 15.9 Å². The first kappa shape index (κ1) is 12.6. The van der Waals surface area contributed by atoms with Gasteiger partial charge in [0.05, 0.1) is 12.0 Å². The summed E-state index contributed by atoms with van der Waals surface area (Å²) in [5.74, 6) is -1.65. The van der Waals surface area contributed by atoms with Gasteiger partial charge in [0.1, 0.15) is 0 Å². The molecule has 1 amide bonds. The van der Waals surface area contributed by atoms with E-state index in [1.807, 2.05) is 6.07 Å². The molecular weight excluding hydrogens is 312 g/mol. The third-order valence-corrected chi connectivity index (χ3v) is 4.12. The average molecular weight is 325 g/mol. The normalized spacial score (nSPS) is 26.8. The highest BCUT2D eigenvalue weighted by Crippen LogP contribution is 2.45. The lowest BCUT2D eigenvalue weighted by Gasteiger charge is -2.27. The summed E-state index contributed by atoms with van der Waals surface area (Å²) in [4.78, 5) is 29.3. The maximum Gasteiger partial charge on any atom is 0.309 e. The molecular formula is C13H13BrN2O3. The number of hydrogen-bond donors (Lipinski definition) is 1. The van der Waals surface area contributed by atoms with Gasteiger partial charge in [-0.1, -0.05) is 0 Å². The standard InChI is InChI=1S/C13H13BrN2O3/c14-8-3-7(5-15-6-8)12-10(13(18)19)4-11(17)16(12)9-1-2-9/h3,5-6,9-10,12H,1-2,4H2,(H,18,19). The summed E-state index contributed by atoms with van der Waals surface area (Å²) >= 11 is 3.34. The molecule has 1 aliphatic heterocycles. The Hall–Kier alpha value is -1.43. The molecule has 2 fully saturated rings. The number of carbonyl (C=O) groups excluding carboxylic acids is 1. The van der Waals surface area contributed by atoms with Gasteiger partial charge in [-0.2, -0.15) is 0 Å². The van der Waals surface area contributed by atoms with Crippen LogP contribution < -0.4 is 0 Å². The van der Waals surface area contributed by atoms with Crippen molar-refractivity contribution in [2.24, 2.45) is 5.92 Å². The zero-order valence-electron chi connectivity index (χ0n) is 10.1. The second-order valence-corrected chi connectivity index (χ2v) is 5.98. The molecule has 1 saturated carbocycles. The smallest absolute Gasteiger partial charge is 0.309 e. The Labute approximate surface area is 118 Å². The van der Waals surface area contributed by atoms with Gasteiger partial charge in [0, 0.05) is 29.3 Å². The van der Waals surface area contributed by atoms with Crippen molar-refractivity contribution in [3.8, 4) is 0 Å². The quantitative estimate of drug-likeness (QED) is 0.922. The average Bonchev–Trinajstić information content (AvgIpc) is 3.12. The first-order valence-electron chi connectivity index (χ1n) is 6.22. The van der Waals surface area contributed by atoms with E-state index in [-0.39, 0.29) is 24.4 Å².